The molecule has 0 heterocycles. The summed E-state index contributed by atoms with van der Waals surface area (Å²) in [5, 5.41) is 0.214. The second-order valence-corrected chi connectivity index (χ2v) is 17.5. The van der Waals surface area contributed by atoms with Gasteiger partial charge in [0.15, 0.2) is 8.32 Å². The molecule has 4 rings (SSSR count). The van der Waals surface area contributed by atoms with Crippen LogP contribution in [0.1, 0.15) is 90.2 Å². The maximum Gasteiger partial charge on any atom is 0.192 e. The summed E-state index contributed by atoms with van der Waals surface area (Å²) < 4.78 is 7.23. The number of rotatable bonds is 10. The van der Waals surface area contributed by atoms with Gasteiger partial charge in [0.05, 0.1) is 0 Å². The summed E-state index contributed by atoms with van der Waals surface area (Å²) in [4.78, 5) is 0. The molecule has 1 fully saturated rings. The second kappa shape index (κ2) is 10.8. The zero-order valence-corrected chi connectivity index (χ0v) is 24.7. The molecule has 0 bridgehead atoms. The molecule has 2 heteroatoms. The van der Waals surface area contributed by atoms with E-state index in [1.807, 2.05) is 0 Å². The molecule has 2 aliphatic rings. The Hall–Kier alpha value is -1.90. The first-order chi connectivity index (χ1) is 17.1. The minimum absolute atomic E-state index is 0.0458. The van der Waals surface area contributed by atoms with Crippen molar-refractivity contribution >= 4 is 19.5 Å². The molecule has 0 N–H and O–H groups in total. The predicted molar refractivity (Wildman–Crippen MR) is 159 cm³/mol. The van der Waals surface area contributed by atoms with E-state index < -0.39 is 8.32 Å². The molecule has 194 valence electrons. The first kappa shape index (κ1) is 27.1. The fraction of sp³-hybridized carbons (Fsp3) is 0.529. The highest BCUT2D eigenvalue weighted by atomic mass is 28.4. The summed E-state index contributed by atoms with van der Waals surface area (Å²) in [6.45, 7) is 19.1. The van der Waals surface area contributed by atoms with Gasteiger partial charge in [-0.1, -0.05) is 120 Å². The van der Waals surface area contributed by atoms with Gasteiger partial charge in [-0.15, -0.1) is 0 Å². The molecule has 2 aromatic rings. The van der Waals surface area contributed by atoms with Gasteiger partial charge >= 0.3 is 0 Å². The average molecular weight is 501 g/mol. The lowest BCUT2D eigenvalue weighted by Crippen LogP contribution is -2.45. The lowest BCUT2D eigenvalue weighted by Gasteiger charge is -2.42. The van der Waals surface area contributed by atoms with Crippen LogP contribution in [-0.2, 0) is 4.43 Å². The lowest BCUT2D eigenvalue weighted by atomic mass is 9.66. The standard InChI is InChI=1S/C34H48OSi/c1-8-9-10-13-22-29-25-30-31(35-36(6,7)33(3,4)5)23-24-34(30,26(2)27-18-14-11-15-19-27)32(29)28-20-16-12-17-21-28/h11-12,14-21,30-31H,2,8-10,13,22-25H2,1,3-7H3/t30-,31+,34-/m0/s1. The molecule has 0 aromatic heterocycles. The largest absolute Gasteiger partial charge is 0.414 e. The van der Waals surface area contributed by atoms with E-state index in [4.69, 9.17) is 11.0 Å². The van der Waals surface area contributed by atoms with Crippen molar-refractivity contribution in [3.63, 3.8) is 0 Å². The molecular formula is C34H48OSi. The Morgan fingerprint density at radius 1 is 0.972 bits per heavy atom. The zero-order valence-electron chi connectivity index (χ0n) is 23.7. The summed E-state index contributed by atoms with van der Waals surface area (Å²) in [6, 6.07) is 22.2. The first-order valence-corrected chi connectivity index (χ1v) is 17.2. The number of benzene rings is 2. The number of fused-ring (bicyclic) bond motifs is 1. The van der Waals surface area contributed by atoms with Gasteiger partial charge in [-0.2, -0.15) is 0 Å². The van der Waals surface area contributed by atoms with Crippen LogP contribution in [0.4, 0.5) is 0 Å². The minimum Gasteiger partial charge on any atom is -0.414 e. The van der Waals surface area contributed by atoms with E-state index in [9.17, 15) is 0 Å². The normalized spacial score (nSPS) is 24.3. The van der Waals surface area contributed by atoms with Gasteiger partial charge in [0, 0.05) is 17.4 Å². The molecule has 2 aliphatic carbocycles. The Morgan fingerprint density at radius 2 is 1.61 bits per heavy atom. The molecule has 2 aromatic carbocycles. The maximum absolute atomic E-state index is 7.23. The Balaban J connectivity index is 1.81. The topological polar surface area (TPSA) is 9.23 Å². The van der Waals surface area contributed by atoms with Gasteiger partial charge in [0.25, 0.3) is 0 Å². The van der Waals surface area contributed by atoms with Gasteiger partial charge in [-0.05, 0) is 72.5 Å². The molecule has 0 aliphatic heterocycles. The fourth-order valence-corrected chi connectivity index (χ4v) is 7.94. The van der Waals surface area contributed by atoms with Gasteiger partial charge in [-0.25, -0.2) is 0 Å². The van der Waals surface area contributed by atoms with Crippen LogP contribution in [0.2, 0.25) is 18.1 Å². The van der Waals surface area contributed by atoms with Gasteiger partial charge in [0.1, 0.15) is 0 Å². The van der Waals surface area contributed by atoms with Crippen molar-refractivity contribution in [2.75, 3.05) is 0 Å². The molecule has 0 unspecified atom stereocenters. The average Bonchev–Trinajstić information content (AvgIpc) is 3.36. The summed E-state index contributed by atoms with van der Waals surface area (Å²) in [6.07, 6.45) is 10.1. The Morgan fingerprint density at radius 3 is 2.22 bits per heavy atom. The molecule has 36 heavy (non-hydrogen) atoms. The third kappa shape index (κ3) is 5.09. The Kier molecular flexibility index (Phi) is 8.17. The quantitative estimate of drug-likeness (QED) is 0.233. The Labute approximate surface area is 222 Å². The van der Waals surface area contributed by atoms with Crippen LogP contribution in [0.5, 0.6) is 0 Å². The summed E-state index contributed by atoms with van der Waals surface area (Å²) in [7, 11) is -1.88. The smallest absolute Gasteiger partial charge is 0.192 e. The highest BCUT2D eigenvalue weighted by molar-refractivity contribution is 6.74. The van der Waals surface area contributed by atoms with Gasteiger partial charge in [0.2, 0.25) is 0 Å². The SMILES string of the molecule is C=C(c1ccccc1)[C@@]12CC[C@@H](O[Si](C)(C)C(C)(C)C)[C@@H]1CC(CCCCCC)=C2c1ccccc1. The van der Waals surface area contributed by atoms with E-state index in [2.05, 4.69) is 101 Å². The van der Waals surface area contributed by atoms with E-state index in [0.29, 0.717) is 12.0 Å². The summed E-state index contributed by atoms with van der Waals surface area (Å²) in [5.74, 6) is 0.468. The van der Waals surface area contributed by atoms with Crippen LogP contribution in [0.3, 0.4) is 0 Å². The van der Waals surface area contributed by atoms with Crippen LogP contribution >= 0.6 is 0 Å². The second-order valence-electron chi connectivity index (χ2n) is 12.7. The highest BCUT2D eigenvalue weighted by Crippen LogP contribution is 2.67. The molecule has 0 radical (unpaired) electrons. The molecule has 0 amide bonds. The van der Waals surface area contributed by atoms with Crippen LogP contribution in [0.15, 0.2) is 72.8 Å². The van der Waals surface area contributed by atoms with Crippen LogP contribution in [-0.4, -0.2) is 14.4 Å². The summed E-state index contributed by atoms with van der Waals surface area (Å²) in [5.41, 5.74) is 7.20. The maximum atomic E-state index is 7.23. The van der Waals surface area contributed by atoms with Crippen molar-refractivity contribution in [2.45, 2.75) is 103 Å². The van der Waals surface area contributed by atoms with Crippen molar-refractivity contribution in [1.82, 2.24) is 0 Å². The van der Waals surface area contributed by atoms with E-state index in [0.717, 1.165) is 19.3 Å². The molecule has 0 spiro atoms. The van der Waals surface area contributed by atoms with E-state index in [-0.39, 0.29) is 10.5 Å². The number of hydrogen-bond acceptors (Lipinski definition) is 1. The molecule has 1 nitrogen and oxygen atoms in total. The number of hydrogen-bond donors (Lipinski definition) is 0. The third-order valence-corrected chi connectivity index (χ3v) is 14.0. The predicted octanol–water partition coefficient (Wildman–Crippen LogP) is 10.3. The van der Waals surface area contributed by atoms with Crippen molar-refractivity contribution < 1.29 is 4.43 Å². The Bertz CT molecular complexity index is 1060. The summed E-state index contributed by atoms with van der Waals surface area (Å²) >= 11 is 0. The number of allylic oxidation sites excluding steroid dienone is 3. The molecule has 3 atom stereocenters. The van der Waals surface area contributed by atoms with Crippen molar-refractivity contribution in [3.05, 3.63) is 83.9 Å². The van der Waals surface area contributed by atoms with Crippen molar-refractivity contribution in [1.29, 1.82) is 0 Å². The van der Waals surface area contributed by atoms with Crippen molar-refractivity contribution in [3.8, 4) is 0 Å². The van der Waals surface area contributed by atoms with Gasteiger partial charge < -0.3 is 4.43 Å². The number of unbranched alkanes of at least 4 members (excludes halogenated alkanes) is 3. The lowest BCUT2D eigenvalue weighted by molar-refractivity contribution is 0.127. The van der Waals surface area contributed by atoms with E-state index >= 15 is 0 Å². The minimum atomic E-state index is -1.88. The van der Waals surface area contributed by atoms with Crippen LogP contribution in [0, 0.1) is 11.3 Å². The van der Waals surface area contributed by atoms with Crippen LogP contribution < -0.4 is 0 Å². The monoisotopic (exact) mass is 500 g/mol. The van der Waals surface area contributed by atoms with Gasteiger partial charge in [-0.3, -0.25) is 0 Å². The fourth-order valence-electron chi connectivity index (χ4n) is 6.55. The third-order valence-electron chi connectivity index (χ3n) is 9.48. The van der Waals surface area contributed by atoms with E-state index in [1.54, 1.807) is 11.1 Å². The molecule has 1 saturated carbocycles. The van der Waals surface area contributed by atoms with Crippen molar-refractivity contribution in [2.24, 2.45) is 11.3 Å². The van der Waals surface area contributed by atoms with Crippen LogP contribution in [0.25, 0.3) is 11.1 Å². The zero-order chi connectivity index (χ0) is 26.0. The highest BCUT2D eigenvalue weighted by Gasteiger charge is 2.58. The molecular weight excluding hydrogens is 452 g/mol. The molecule has 0 saturated heterocycles. The first-order valence-electron chi connectivity index (χ1n) is 14.3. The van der Waals surface area contributed by atoms with E-state index in [1.165, 1.54) is 48.8 Å².